The number of carbonyl (C=O) groups excluding carboxylic acids is 2. The Morgan fingerprint density at radius 3 is 2.65 bits per heavy atom. The average Bonchev–Trinajstić information content (AvgIpc) is 2.54. The summed E-state index contributed by atoms with van der Waals surface area (Å²) in [5.74, 6) is -0.501. The summed E-state index contributed by atoms with van der Waals surface area (Å²) >= 11 is 5.90. The van der Waals surface area contributed by atoms with Gasteiger partial charge in [-0.15, -0.1) is 0 Å². The summed E-state index contributed by atoms with van der Waals surface area (Å²) in [5.41, 5.74) is 0.374. The van der Waals surface area contributed by atoms with Crippen LogP contribution in [0.25, 0.3) is 0 Å². The SMILES string of the molecule is COc1ccc(Cl)cc1NC(=O)C(=O)NCC1CCN(C)CC1. The molecule has 1 aliphatic heterocycles. The van der Waals surface area contributed by atoms with Crippen LogP contribution < -0.4 is 15.4 Å². The van der Waals surface area contributed by atoms with E-state index in [1.807, 2.05) is 0 Å². The van der Waals surface area contributed by atoms with Gasteiger partial charge >= 0.3 is 11.8 Å². The fourth-order valence-corrected chi connectivity index (χ4v) is 2.71. The number of nitrogens with zero attached hydrogens (tertiary/aromatic N) is 1. The number of piperidine rings is 1. The number of anilines is 1. The van der Waals surface area contributed by atoms with Gasteiger partial charge in [-0.1, -0.05) is 11.6 Å². The van der Waals surface area contributed by atoms with E-state index in [1.54, 1.807) is 18.2 Å². The lowest BCUT2D eigenvalue weighted by molar-refractivity contribution is -0.136. The summed E-state index contributed by atoms with van der Waals surface area (Å²) in [5, 5.41) is 5.68. The van der Waals surface area contributed by atoms with E-state index in [0.717, 1.165) is 25.9 Å². The Kier molecular flexibility index (Phi) is 6.24. The third-order valence-corrected chi connectivity index (χ3v) is 4.24. The monoisotopic (exact) mass is 339 g/mol. The number of hydrogen-bond acceptors (Lipinski definition) is 4. The van der Waals surface area contributed by atoms with Gasteiger partial charge in [-0.2, -0.15) is 0 Å². The zero-order valence-corrected chi connectivity index (χ0v) is 14.2. The first-order chi connectivity index (χ1) is 11.0. The van der Waals surface area contributed by atoms with E-state index in [0.29, 0.717) is 28.9 Å². The van der Waals surface area contributed by atoms with Crippen LogP contribution in [0.4, 0.5) is 5.69 Å². The van der Waals surface area contributed by atoms with Gasteiger partial charge in [0.15, 0.2) is 0 Å². The number of halogens is 1. The van der Waals surface area contributed by atoms with Crippen molar-refractivity contribution in [2.45, 2.75) is 12.8 Å². The van der Waals surface area contributed by atoms with Crippen LogP contribution in [0.5, 0.6) is 5.75 Å². The molecule has 2 rings (SSSR count). The summed E-state index contributed by atoms with van der Waals surface area (Å²) in [4.78, 5) is 26.2. The molecule has 0 atom stereocenters. The lowest BCUT2D eigenvalue weighted by Gasteiger charge is -2.28. The van der Waals surface area contributed by atoms with Crippen molar-refractivity contribution in [3.63, 3.8) is 0 Å². The molecule has 0 spiro atoms. The van der Waals surface area contributed by atoms with Crippen molar-refractivity contribution >= 4 is 29.1 Å². The van der Waals surface area contributed by atoms with Crippen LogP contribution in [-0.4, -0.2) is 50.5 Å². The molecule has 1 fully saturated rings. The molecule has 1 heterocycles. The first-order valence-corrected chi connectivity index (χ1v) is 7.98. The first-order valence-electron chi connectivity index (χ1n) is 7.61. The fourth-order valence-electron chi connectivity index (χ4n) is 2.54. The van der Waals surface area contributed by atoms with Crippen LogP contribution in [0.15, 0.2) is 18.2 Å². The van der Waals surface area contributed by atoms with Crippen LogP contribution in [0.2, 0.25) is 5.02 Å². The number of carbonyl (C=O) groups is 2. The van der Waals surface area contributed by atoms with Gasteiger partial charge in [-0.3, -0.25) is 9.59 Å². The normalized spacial score (nSPS) is 16.0. The zero-order valence-electron chi connectivity index (χ0n) is 13.4. The average molecular weight is 340 g/mol. The van der Waals surface area contributed by atoms with E-state index in [9.17, 15) is 9.59 Å². The summed E-state index contributed by atoms with van der Waals surface area (Å²) in [6.07, 6.45) is 2.06. The van der Waals surface area contributed by atoms with Gasteiger partial charge in [0.2, 0.25) is 0 Å². The van der Waals surface area contributed by atoms with Crippen molar-refractivity contribution in [3.8, 4) is 5.75 Å². The minimum atomic E-state index is -0.724. The van der Waals surface area contributed by atoms with Crippen molar-refractivity contribution < 1.29 is 14.3 Å². The second kappa shape index (κ2) is 8.17. The molecular weight excluding hydrogens is 318 g/mol. The maximum absolute atomic E-state index is 12.0. The van der Waals surface area contributed by atoms with E-state index < -0.39 is 11.8 Å². The van der Waals surface area contributed by atoms with E-state index in [1.165, 1.54) is 7.11 Å². The molecule has 0 aliphatic carbocycles. The van der Waals surface area contributed by atoms with Gasteiger partial charge in [0, 0.05) is 11.6 Å². The Morgan fingerprint density at radius 2 is 2.00 bits per heavy atom. The Balaban J connectivity index is 1.85. The highest BCUT2D eigenvalue weighted by Crippen LogP contribution is 2.27. The number of ether oxygens (including phenoxy) is 1. The molecule has 1 saturated heterocycles. The number of benzene rings is 1. The summed E-state index contributed by atoms with van der Waals surface area (Å²) in [7, 11) is 3.57. The van der Waals surface area contributed by atoms with Crippen molar-refractivity contribution in [2.24, 2.45) is 5.92 Å². The van der Waals surface area contributed by atoms with Gasteiger partial charge in [-0.25, -0.2) is 0 Å². The predicted molar refractivity (Wildman–Crippen MR) is 89.9 cm³/mol. The lowest BCUT2D eigenvalue weighted by Crippen LogP contribution is -2.41. The highest BCUT2D eigenvalue weighted by atomic mass is 35.5. The molecule has 2 amide bonds. The molecule has 7 heteroatoms. The second-order valence-corrected chi connectivity index (χ2v) is 6.19. The Morgan fingerprint density at radius 1 is 1.30 bits per heavy atom. The van der Waals surface area contributed by atoms with Crippen LogP contribution >= 0.6 is 11.6 Å². The van der Waals surface area contributed by atoms with Gasteiger partial charge < -0.3 is 20.3 Å². The van der Waals surface area contributed by atoms with E-state index in [2.05, 4.69) is 22.6 Å². The van der Waals surface area contributed by atoms with E-state index in [4.69, 9.17) is 16.3 Å². The quantitative estimate of drug-likeness (QED) is 0.820. The second-order valence-electron chi connectivity index (χ2n) is 5.76. The third-order valence-electron chi connectivity index (χ3n) is 4.01. The van der Waals surface area contributed by atoms with Crippen LogP contribution in [0.1, 0.15) is 12.8 Å². The molecule has 0 aromatic heterocycles. The maximum atomic E-state index is 12.0. The third kappa shape index (κ3) is 5.11. The Bertz CT molecular complexity index is 572. The Hall–Kier alpha value is -1.79. The van der Waals surface area contributed by atoms with Crippen molar-refractivity contribution in [1.29, 1.82) is 0 Å². The smallest absolute Gasteiger partial charge is 0.313 e. The molecule has 23 heavy (non-hydrogen) atoms. The minimum Gasteiger partial charge on any atom is -0.495 e. The molecule has 2 N–H and O–H groups in total. The van der Waals surface area contributed by atoms with Crippen LogP contribution in [-0.2, 0) is 9.59 Å². The highest BCUT2D eigenvalue weighted by molar-refractivity contribution is 6.40. The van der Waals surface area contributed by atoms with E-state index >= 15 is 0 Å². The largest absolute Gasteiger partial charge is 0.495 e. The summed E-state index contributed by atoms with van der Waals surface area (Å²) in [6, 6.07) is 4.83. The molecule has 0 unspecified atom stereocenters. The molecule has 1 aliphatic rings. The topological polar surface area (TPSA) is 70.7 Å². The van der Waals surface area contributed by atoms with Crippen molar-refractivity contribution in [2.75, 3.05) is 39.1 Å². The number of amides is 2. The standard InChI is InChI=1S/C16H22ClN3O3/c1-20-7-5-11(6-8-20)10-18-15(21)16(22)19-13-9-12(17)3-4-14(13)23-2/h3-4,9,11H,5-8,10H2,1-2H3,(H,18,21)(H,19,22). The van der Waals surface area contributed by atoms with Crippen molar-refractivity contribution in [3.05, 3.63) is 23.2 Å². The van der Waals surface area contributed by atoms with Gasteiger partial charge in [0.05, 0.1) is 12.8 Å². The van der Waals surface area contributed by atoms with Gasteiger partial charge in [0.1, 0.15) is 5.75 Å². The molecule has 0 saturated carbocycles. The lowest BCUT2D eigenvalue weighted by atomic mass is 9.97. The molecule has 126 valence electrons. The highest BCUT2D eigenvalue weighted by Gasteiger charge is 2.20. The van der Waals surface area contributed by atoms with Gasteiger partial charge in [-0.05, 0) is 57.1 Å². The predicted octanol–water partition coefficient (Wildman–Crippen LogP) is 1.75. The fraction of sp³-hybridized carbons (Fsp3) is 0.500. The van der Waals surface area contributed by atoms with Crippen LogP contribution in [0, 0.1) is 5.92 Å². The molecular formula is C16H22ClN3O3. The number of methoxy groups -OCH3 is 1. The zero-order chi connectivity index (χ0) is 16.8. The number of nitrogens with one attached hydrogen (secondary N) is 2. The molecule has 1 aromatic carbocycles. The van der Waals surface area contributed by atoms with Crippen molar-refractivity contribution in [1.82, 2.24) is 10.2 Å². The molecule has 1 aromatic rings. The summed E-state index contributed by atoms with van der Waals surface area (Å²) in [6.45, 7) is 2.56. The van der Waals surface area contributed by atoms with Gasteiger partial charge in [0.25, 0.3) is 0 Å². The number of hydrogen-bond donors (Lipinski definition) is 2. The molecule has 6 nitrogen and oxygen atoms in total. The summed E-state index contributed by atoms with van der Waals surface area (Å²) < 4.78 is 5.14. The first kappa shape index (κ1) is 17.6. The molecule has 0 bridgehead atoms. The van der Waals surface area contributed by atoms with E-state index in [-0.39, 0.29) is 0 Å². The maximum Gasteiger partial charge on any atom is 0.313 e. The molecule has 0 radical (unpaired) electrons. The van der Waals surface area contributed by atoms with Crippen LogP contribution in [0.3, 0.4) is 0 Å². The minimum absolute atomic E-state index is 0.374. The number of likely N-dealkylation sites (tertiary alicyclic amines) is 1. The Labute approximate surface area is 141 Å². The number of rotatable bonds is 4.